The average molecular weight is 647 g/mol. The number of nitrogens with zero attached hydrogens (tertiary/aromatic N) is 1. The maximum atomic E-state index is 13.3. The molecular formula is C30H32NO13S+. The van der Waals surface area contributed by atoms with Crippen LogP contribution in [-0.4, -0.2) is 66.7 Å². The standard InChI is InChI=1S/C29H28NO9.CH4O4S/c1-30-7-5-6-15(12-30)28(31)39-26-18-11-21-20(37-14-38-21)10-17(18)24(25-19(26)13-36-29(25)32)16-8-22(33-2)27(35-4)23(9-16)34-3;1-5-6(2,3)4/h5-12,19,24-26H,13-14H2,1-4H3;1H3,(H,2,3,4)/q+1;. The number of esters is 2. The monoisotopic (exact) mass is 646 g/mol. The molecule has 0 spiro atoms. The largest absolute Gasteiger partial charge is 0.493 e. The molecule has 6 rings (SSSR count). The molecule has 240 valence electrons. The lowest BCUT2D eigenvalue weighted by molar-refractivity contribution is -0.671. The van der Waals surface area contributed by atoms with Crippen LogP contribution in [0.15, 0.2) is 48.8 Å². The highest BCUT2D eigenvalue weighted by molar-refractivity contribution is 7.80. The molecule has 3 heterocycles. The van der Waals surface area contributed by atoms with E-state index in [1.54, 1.807) is 37.1 Å². The third-order valence-electron chi connectivity index (χ3n) is 7.79. The molecule has 4 atom stereocenters. The Kier molecular flexibility index (Phi) is 9.04. The maximum Gasteiger partial charge on any atom is 0.397 e. The second-order valence-corrected chi connectivity index (χ2v) is 11.5. The SMILES string of the molecule is COS(=O)(=O)O.COc1cc(C2c3cc4c(cc3C(OC(=O)c3ccc[n+](C)c3)C3COC(=O)C23)OCO4)cc(OC)c1OC. The van der Waals surface area contributed by atoms with Gasteiger partial charge in [-0.25, -0.2) is 9.36 Å². The quantitative estimate of drug-likeness (QED) is 0.226. The van der Waals surface area contributed by atoms with Crippen LogP contribution in [0.4, 0.5) is 0 Å². The molecule has 45 heavy (non-hydrogen) atoms. The van der Waals surface area contributed by atoms with Gasteiger partial charge in [0.15, 0.2) is 35.4 Å². The van der Waals surface area contributed by atoms with Crippen LogP contribution in [0.25, 0.3) is 0 Å². The van der Waals surface area contributed by atoms with Gasteiger partial charge in [-0.05, 0) is 41.5 Å². The van der Waals surface area contributed by atoms with Gasteiger partial charge in [-0.3, -0.25) is 13.5 Å². The van der Waals surface area contributed by atoms with Crippen molar-refractivity contribution in [3.63, 3.8) is 0 Å². The van der Waals surface area contributed by atoms with Crippen LogP contribution in [0.5, 0.6) is 28.7 Å². The number of benzene rings is 2. The zero-order chi connectivity index (χ0) is 32.5. The number of carbonyl (C=O) groups excluding carboxylic acids is 2. The van der Waals surface area contributed by atoms with E-state index < -0.39 is 40.2 Å². The van der Waals surface area contributed by atoms with Gasteiger partial charge in [-0.1, -0.05) is 0 Å². The van der Waals surface area contributed by atoms with Gasteiger partial charge in [0.2, 0.25) is 12.5 Å². The Morgan fingerprint density at radius 2 is 1.58 bits per heavy atom. The Labute approximate surface area is 259 Å². The fraction of sp³-hybridized carbons (Fsp3) is 0.367. The van der Waals surface area contributed by atoms with Gasteiger partial charge in [-0.15, -0.1) is 0 Å². The Morgan fingerprint density at radius 3 is 2.13 bits per heavy atom. The minimum absolute atomic E-state index is 0.0763. The summed E-state index contributed by atoms with van der Waals surface area (Å²) in [6, 6.07) is 10.8. The number of fused-ring (bicyclic) bond motifs is 3. The van der Waals surface area contributed by atoms with Gasteiger partial charge >= 0.3 is 22.3 Å². The molecule has 0 bridgehead atoms. The Hall–Kier alpha value is -4.60. The maximum absolute atomic E-state index is 13.3. The summed E-state index contributed by atoms with van der Waals surface area (Å²) in [7, 11) is 3.15. The highest BCUT2D eigenvalue weighted by atomic mass is 32.3. The number of pyridine rings is 1. The molecule has 0 radical (unpaired) electrons. The van der Waals surface area contributed by atoms with Crippen molar-refractivity contribution in [3.8, 4) is 28.7 Å². The molecule has 1 fully saturated rings. The van der Waals surface area contributed by atoms with Gasteiger partial charge in [0.05, 0.1) is 41.0 Å². The van der Waals surface area contributed by atoms with Crippen molar-refractivity contribution in [1.82, 2.24) is 0 Å². The molecule has 1 aromatic heterocycles. The fourth-order valence-corrected chi connectivity index (χ4v) is 5.84. The van der Waals surface area contributed by atoms with Crippen molar-refractivity contribution < 1.29 is 64.5 Å². The summed E-state index contributed by atoms with van der Waals surface area (Å²) in [6.07, 6.45) is 2.77. The Bertz CT molecular complexity index is 1700. The van der Waals surface area contributed by atoms with Crippen molar-refractivity contribution >= 4 is 22.3 Å². The second-order valence-electron chi connectivity index (χ2n) is 10.3. The number of rotatable bonds is 7. The van der Waals surface area contributed by atoms with E-state index in [4.69, 9.17) is 37.7 Å². The lowest BCUT2D eigenvalue weighted by Crippen LogP contribution is -2.37. The number of aryl methyl sites for hydroxylation is 1. The van der Waals surface area contributed by atoms with E-state index in [1.165, 1.54) is 7.11 Å². The number of cyclic esters (lactones) is 1. The van der Waals surface area contributed by atoms with Crippen LogP contribution >= 0.6 is 0 Å². The first-order chi connectivity index (χ1) is 21.5. The van der Waals surface area contributed by atoms with E-state index in [9.17, 15) is 18.0 Å². The third kappa shape index (κ3) is 6.32. The number of methoxy groups -OCH3 is 3. The van der Waals surface area contributed by atoms with Gasteiger partial charge in [0.25, 0.3) is 0 Å². The first-order valence-electron chi connectivity index (χ1n) is 13.6. The van der Waals surface area contributed by atoms with Crippen molar-refractivity contribution in [2.75, 3.05) is 41.8 Å². The van der Waals surface area contributed by atoms with Crippen LogP contribution < -0.4 is 28.3 Å². The normalized spacial score (nSPS) is 21.0. The number of aromatic nitrogens is 1. The minimum Gasteiger partial charge on any atom is -0.493 e. The van der Waals surface area contributed by atoms with E-state index in [2.05, 4.69) is 4.18 Å². The number of carbonyl (C=O) groups is 2. The van der Waals surface area contributed by atoms with E-state index in [1.807, 2.05) is 37.5 Å². The molecule has 0 saturated carbocycles. The van der Waals surface area contributed by atoms with Crippen LogP contribution in [0.3, 0.4) is 0 Å². The molecular weight excluding hydrogens is 614 g/mol. The van der Waals surface area contributed by atoms with Crippen molar-refractivity contribution in [2.45, 2.75) is 12.0 Å². The predicted octanol–water partition coefficient (Wildman–Crippen LogP) is 2.53. The summed E-state index contributed by atoms with van der Waals surface area (Å²) in [4.78, 5) is 26.6. The highest BCUT2D eigenvalue weighted by Crippen LogP contribution is 2.56. The minimum atomic E-state index is -4.16. The molecule has 15 heteroatoms. The molecule has 1 aliphatic carbocycles. The summed E-state index contributed by atoms with van der Waals surface area (Å²) in [5, 5.41) is 0. The molecule has 2 aliphatic heterocycles. The van der Waals surface area contributed by atoms with Gasteiger partial charge in [0, 0.05) is 23.5 Å². The smallest absolute Gasteiger partial charge is 0.397 e. The first-order valence-corrected chi connectivity index (χ1v) is 14.9. The average Bonchev–Trinajstić information content (AvgIpc) is 3.65. The second kappa shape index (κ2) is 12.8. The van der Waals surface area contributed by atoms with E-state index in [0.717, 1.165) is 23.8 Å². The van der Waals surface area contributed by atoms with Crippen LogP contribution in [0, 0.1) is 11.8 Å². The van der Waals surface area contributed by atoms with Crippen molar-refractivity contribution in [1.29, 1.82) is 0 Å². The zero-order valence-corrected chi connectivity index (χ0v) is 25.9. The lowest BCUT2D eigenvalue weighted by atomic mass is 9.66. The van der Waals surface area contributed by atoms with E-state index >= 15 is 0 Å². The predicted molar refractivity (Wildman–Crippen MR) is 153 cm³/mol. The summed E-state index contributed by atoms with van der Waals surface area (Å²) in [5.74, 6) is 0.0701. The number of hydrogen-bond donors (Lipinski definition) is 1. The topological polar surface area (TPSA) is 166 Å². The zero-order valence-electron chi connectivity index (χ0n) is 25.0. The van der Waals surface area contributed by atoms with Crippen molar-refractivity contribution in [3.05, 3.63) is 71.0 Å². The van der Waals surface area contributed by atoms with Crippen LogP contribution in [-0.2, 0) is 35.9 Å². The number of ether oxygens (including phenoxy) is 7. The van der Waals surface area contributed by atoms with Crippen LogP contribution in [0.1, 0.15) is 39.1 Å². The summed E-state index contributed by atoms with van der Waals surface area (Å²) < 4.78 is 71.3. The summed E-state index contributed by atoms with van der Waals surface area (Å²) in [5.41, 5.74) is 2.66. The highest BCUT2D eigenvalue weighted by Gasteiger charge is 2.54. The molecule has 0 amide bonds. The van der Waals surface area contributed by atoms with E-state index in [-0.39, 0.29) is 19.4 Å². The molecule has 2 aromatic carbocycles. The lowest BCUT2D eigenvalue weighted by Gasteiger charge is -2.38. The first kappa shape index (κ1) is 31.8. The number of hydrogen-bond acceptors (Lipinski definition) is 12. The molecule has 1 saturated heterocycles. The molecule has 3 aromatic rings. The molecule has 1 N–H and O–H groups in total. The van der Waals surface area contributed by atoms with Crippen LogP contribution in [0.2, 0.25) is 0 Å². The molecule has 3 aliphatic rings. The Balaban J connectivity index is 0.000000609. The van der Waals surface area contributed by atoms with Gasteiger partial charge in [-0.2, -0.15) is 8.42 Å². The molecule has 14 nitrogen and oxygen atoms in total. The Morgan fingerprint density at radius 1 is 0.956 bits per heavy atom. The van der Waals surface area contributed by atoms with E-state index in [0.29, 0.717) is 34.3 Å². The van der Waals surface area contributed by atoms with Gasteiger partial charge < -0.3 is 33.2 Å². The van der Waals surface area contributed by atoms with Crippen molar-refractivity contribution in [2.24, 2.45) is 18.9 Å². The molecule has 4 unspecified atom stereocenters. The summed E-state index contributed by atoms with van der Waals surface area (Å²) >= 11 is 0. The fourth-order valence-electron chi connectivity index (χ4n) is 5.84. The third-order valence-corrected chi connectivity index (χ3v) is 8.21. The van der Waals surface area contributed by atoms with Gasteiger partial charge in [0.1, 0.15) is 18.7 Å². The summed E-state index contributed by atoms with van der Waals surface area (Å²) in [6.45, 7) is 0.186.